The molecule has 6 amide bonds. The van der Waals surface area contributed by atoms with Gasteiger partial charge in [0, 0.05) is 31.1 Å². The molecule has 3 fully saturated rings. The fourth-order valence-corrected chi connectivity index (χ4v) is 6.90. The SMILES string of the molecule is CCCCCCNC(=O)[C@H](O)[C@H](C[C@@H]1CCNC1=O)NC(=O)[C@@H]1[C@@H]2[C@H](CN1C(=O)[C@@H](NC(=O)NC(C)(C)C)C(C)(C)C)C2(C)C. The summed E-state index contributed by atoms with van der Waals surface area (Å²) in [5.41, 5.74) is -1.34. The van der Waals surface area contributed by atoms with E-state index in [1.807, 2.05) is 41.5 Å². The summed E-state index contributed by atoms with van der Waals surface area (Å²) in [6.45, 7) is 18.7. The highest BCUT2D eigenvalue weighted by Gasteiger charge is 2.70. The quantitative estimate of drug-likeness (QED) is 0.170. The minimum absolute atomic E-state index is 0.0941. The zero-order valence-electron chi connectivity index (χ0n) is 28.8. The summed E-state index contributed by atoms with van der Waals surface area (Å²) in [7, 11) is 0. The Hall–Kier alpha value is -2.89. The highest BCUT2D eigenvalue weighted by molar-refractivity contribution is 5.94. The summed E-state index contributed by atoms with van der Waals surface area (Å²) in [5.74, 6) is -2.07. The molecule has 45 heavy (non-hydrogen) atoms. The maximum atomic E-state index is 14.2. The molecule has 12 nitrogen and oxygen atoms in total. The second kappa shape index (κ2) is 14.3. The van der Waals surface area contributed by atoms with E-state index in [0.717, 1.165) is 25.7 Å². The number of amides is 6. The van der Waals surface area contributed by atoms with E-state index in [-0.39, 0.29) is 35.5 Å². The van der Waals surface area contributed by atoms with E-state index in [0.29, 0.717) is 26.1 Å². The number of carbonyl (C=O) groups is 5. The Bertz CT molecular complexity index is 1110. The highest BCUT2D eigenvalue weighted by Crippen LogP contribution is 2.65. The fourth-order valence-electron chi connectivity index (χ4n) is 6.90. The number of urea groups is 1. The van der Waals surface area contributed by atoms with Crippen molar-refractivity contribution in [2.75, 3.05) is 19.6 Å². The van der Waals surface area contributed by atoms with Gasteiger partial charge < -0.3 is 36.6 Å². The van der Waals surface area contributed by atoms with Gasteiger partial charge in [0.25, 0.3) is 5.91 Å². The number of hydrogen-bond acceptors (Lipinski definition) is 6. The van der Waals surface area contributed by atoms with Crippen LogP contribution in [-0.2, 0) is 19.2 Å². The molecule has 12 heteroatoms. The van der Waals surface area contributed by atoms with E-state index in [1.54, 1.807) is 4.90 Å². The third-order valence-electron chi connectivity index (χ3n) is 9.65. The molecule has 0 bridgehead atoms. The first-order valence-corrected chi connectivity index (χ1v) is 16.7. The van der Waals surface area contributed by atoms with E-state index < -0.39 is 58.9 Å². The van der Waals surface area contributed by atoms with Crippen molar-refractivity contribution in [2.24, 2.45) is 28.6 Å². The Morgan fingerprint density at radius 3 is 2.27 bits per heavy atom. The van der Waals surface area contributed by atoms with Crippen molar-refractivity contribution in [3.63, 3.8) is 0 Å². The van der Waals surface area contributed by atoms with E-state index in [4.69, 9.17) is 0 Å². The van der Waals surface area contributed by atoms with Crippen molar-refractivity contribution < 1.29 is 29.1 Å². The van der Waals surface area contributed by atoms with Crippen LogP contribution in [0.25, 0.3) is 0 Å². The number of nitrogens with zero attached hydrogens (tertiary/aromatic N) is 1. The standard InChI is InChI=1S/C33H58N6O6/c1-10-11-12-13-15-34-28(43)24(40)21(17-19-14-16-35-26(19)41)36-27(42)23-22-20(33(22,8)9)18-39(23)29(44)25(31(2,3)4)37-30(45)38-32(5,6)7/h19-25,40H,10-18H2,1-9H3,(H,34,43)(H,35,41)(H,36,42)(H2,37,38,45)/t19-,20-,21-,22-,23-,24+,25+/m0/s1. The molecule has 0 unspecified atom stereocenters. The summed E-state index contributed by atoms with van der Waals surface area (Å²) in [6, 6.07) is -3.24. The Kier molecular flexibility index (Phi) is 11.6. The van der Waals surface area contributed by atoms with Gasteiger partial charge in [-0.15, -0.1) is 0 Å². The molecule has 0 radical (unpaired) electrons. The molecule has 0 aromatic carbocycles. The van der Waals surface area contributed by atoms with Crippen LogP contribution in [-0.4, -0.2) is 89.1 Å². The van der Waals surface area contributed by atoms with Gasteiger partial charge in [-0.05, 0) is 62.7 Å². The van der Waals surface area contributed by atoms with Crippen molar-refractivity contribution in [3.05, 3.63) is 0 Å². The van der Waals surface area contributed by atoms with Crippen LogP contribution in [0.15, 0.2) is 0 Å². The van der Waals surface area contributed by atoms with Crippen molar-refractivity contribution in [3.8, 4) is 0 Å². The van der Waals surface area contributed by atoms with Gasteiger partial charge in [0.05, 0.1) is 6.04 Å². The summed E-state index contributed by atoms with van der Waals surface area (Å²) in [4.78, 5) is 68.2. The lowest BCUT2D eigenvalue weighted by Gasteiger charge is -2.38. The number of nitrogens with one attached hydrogen (secondary N) is 5. The minimum Gasteiger partial charge on any atom is -0.381 e. The number of likely N-dealkylation sites (tertiary alicyclic amines) is 1. The molecular weight excluding hydrogens is 576 g/mol. The third kappa shape index (κ3) is 9.10. The summed E-state index contributed by atoms with van der Waals surface area (Å²) in [6.07, 6.45) is 2.92. The maximum absolute atomic E-state index is 14.2. The molecule has 0 aromatic heterocycles. The maximum Gasteiger partial charge on any atom is 0.315 e. The van der Waals surface area contributed by atoms with Gasteiger partial charge in [-0.1, -0.05) is 60.8 Å². The lowest BCUT2D eigenvalue weighted by atomic mass is 9.85. The lowest BCUT2D eigenvalue weighted by molar-refractivity contribution is -0.145. The van der Waals surface area contributed by atoms with Crippen molar-refractivity contribution >= 4 is 29.7 Å². The number of hydrogen-bond donors (Lipinski definition) is 6. The molecule has 3 rings (SSSR count). The van der Waals surface area contributed by atoms with Gasteiger partial charge in [0.2, 0.25) is 17.7 Å². The molecule has 0 aromatic rings. The average Bonchev–Trinajstić information content (AvgIpc) is 3.25. The van der Waals surface area contributed by atoms with Gasteiger partial charge in [0.1, 0.15) is 12.1 Å². The molecular formula is C33H58N6O6. The van der Waals surface area contributed by atoms with Gasteiger partial charge in [-0.3, -0.25) is 19.2 Å². The molecule has 2 aliphatic heterocycles. The molecule has 1 saturated carbocycles. The van der Waals surface area contributed by atoms with Gasteiger partial charge in [-0.2, -0.15) is 0 Å². The first-order valence-electron chi connectivity index (χ1n) is 16.7. The number of aliphatic hydroxyl groups is 1. The topological polar surface area (TPSA) is 169 Å². The van der Waals surface area contributed by atoms with Crippen molar-refractivity contribution in [1.29, 1.82) is 0 Å². The molecule has 1 aliphatic carbocycles. The average molecular weight is 635 g/mol. The molecule has 256 valence electrons. The van der Waals surface area contributed by atoms with Gasteiger partial charge >= 0.3 is 6.03 Å². The zero-order valence-corrected chi connectivity index (χ0v) is 28.8. The fraction of sp³-hybridized carbons (Fsp3) is 0.848. The van der Waals surface area contributed by atoms with Gasteiger partial charge in [0.15, 0.2) is 6.10 Å². The first kappa shape index (κ1) is 36.6. The third-order valence-corrected chi connectivity index (χ3v) is 9.65. The Morgan fingerprint density at radius 1 is 1.04 bits per heavy atom. The molecule has 0 spiro atoms. The monoisotopic (exact) mass is 634 g/mol. The number of unbranched alkanes of at least 4 members (excludes halogenated alkanes) is 3. The Morgan fingerprint density at radius 2 is 1.71 bits per heavy atom. The number of piperidine rings is 1. The van der Waals surface area contributed by atoms with Crippen LogP contribution in [0.2, 0.25) is 0 Å². The summed E-state index contributed by atoms with van der Waals surface area (Å²) >= 11 is 0. The number of aliphatic hydroxyl groups excluding tert-OH is 1. The summed E-state index contributed by atoms with van der Waals surface area (Å²) < 4.78 is 0. The molecule has 7 atom stereocenters. The highest BCUT2D eigenvalue weighted by atomic mass is 16.3. The lowest BCUT2D eigenvalue weighted by Crippen LogP contribution is -2.62. The van der Waals surface area contributed by atoms with Crippen LogP contribution in [0.1, 0.15) is 101 Å². The normalized spacial score (nSPS) is 25.8. The van der Waals surface area contributed by atoms with Crippen molar-refractivity contribution in [2.45, 2.75) is 131 Å². The van der Waals surface area contributed by atoms with E-state index in [1.165, 1.54) is 0 Å². The predicted octanol–water partition coefficient (Wildman–Crippen LogP) is 2.05. The van der Waals surface area contributed by atoms with Crippen LogP contribution in [0.4, 0.5) is 4.79 Å². The Labute approximate surface area is 269 Å². The van der Waals surface area contributed by atoms with E-state index >= 15 is 0 Å². The van der Waals surface area contributed by atoms with Crippen LogP contribution < -0.4 is 26.6 Å². The van der Waals surface area contributed by atoms with Crippen LogP contribution in [0.3, 0.4) is 0 Å². The molecule has 2 heterocycles. The molecule has 3 aliphatic rings. The minimum atomic E-state index is -1.56. The first-order chi connectivity index (χ1) is 20.8. The molecule has 6 N–H and O–H groups in total. The van der Waals surface area contributed by atoms with E-state index in [9.17, 15) is 29.1 Å². The summed E-state index contributed by atoms with van der Waals surface area (Å²) in [5, 5.41) is 25.3. The number of rotatable bonds is 13. The Balaban J connectivity index is 1.82. The zero-order chi connectivity index (χ0) is 33.9. The van der Waals surface area contributed by atoms with Crippen LogP contribution in [0.5, 0.6) is 0 Å². The molecule has 2 saturated heterocycles. The largest absolute Gasteiger partial charge is 0.381 e. The van der Waals surface area contributed by atoms with Crippen LogP contribution >= 0.6 is 0 Å². The van der Waals surface area contributed by atoms with Crippen molar-refractivity contribution in [1.82, 2.24) is 31.5 Å². The van der Waals surface area contributed by atoms with E-state index in [2.05, 4.69) is 47.4 Å². The smallest absolute Gasteiger partial charge is 0.315 e. The second-order valence-electron chi connectivity index (χ2n) is 16.0. The second-order valence-corrected chi connectivity index (χ2v) is 16.0. The van der Waals surface area contributed by atoms with Crippen LogP contribution in [0, 0.1) is 28.6 Å². The number of carbonyl (C=O) groups excluding carboxylic acids is 5. The van der Waals surface area contributed by atoms with Gasteiger partial charge in [-0.25, -0.2) is 4.79 Å². The predicted molar refractivity (Wildman–Crippen MR) is 172 cm³/mol. The number of fused-ring (bicyclic) bond motifs is 1.